The quantitative estimate of drug-likeness (QED) is 0.406. The smallest absolute Gasteiger partial charge is 0.257 e. The normalized spacial score (nSPS) is 18.7. The van der Waals surface area contributed by atoms with Gasteiger partial charge in [-0.05, 0) is 92.0 Å². The number of hydrogen-bond acceptors (Lipinski definition) is 5. The van der Waals surface area contributed by atoms with Gasteiger partial charge < -0.3 is 19.7 Å². The maximum absolute atomic E-state index is 13.6. The molecule has 0 spiro atoms. The van der Waals surface area contributed by atoms with Gasteiger partial charge in [-0.15, -0.1) is 0 Å². The predicted octanol–water partition coefficient (Wildman–Crippen LogP) is 6.27. The number of hydrogen-bond donors (Lipinski definition) is 2. The first-order valence-electron chi connectivity index (χ1n) is 12.2. The van der Waals surface area contributed by atoms with Crippen LogP contribution < -0.4 is 9.47 Å². The number of benzene rings is 3. The highest BCUT2D eigenvalue weighted by atomic mass is 19.3. The van der Waals surface area contributed by atoms with Gasteiger partial charge in [0.1, 0.15) is 41.8 Å². The fourth-order valence-corrected chi connectivity index (χ4v) is 5.05. The zero-order chi connectivity index (χ0) is 25.2. The van der Waals surface area contributed by atoms with Crippen molar-refractivity contribution in [3.05, 3.63) is 83.4 Å². The van der Waals surface area contributed by atoms with Gasteiger partial charge in [-0.25, -0.2) is 8.78 Å². The SMILES string of the molecule is CC1=C(c2cccc(O)c2)C(c2ccc(OC[C@H](C(F)F)N3CCCC3)cc2)Oc2ccc(O)cc21. The number of aromatic hydroxyl groups is 2. The van der Waals surface area contributed by atoms with Crippen molar-refractivity contribution in [3.63, 3.8) is 0 Å². The third kappa shape index (κ3) is 4.88. The number of rotatable bonds is 7. The van der Waals surface area contributed by atoms with Crippen LogP contribution in [0.25, 0.3) is 11.1 Å². The van der Waals surface area contributed by atoms with E-state index >= 15 is 0 Å². The Labute approximate surface area is 209 Å². The van der Waals surface area contributed by atoms with E-state index in [2.05, 4.69) is 0 Å². The summed E-state index contributed by atoms with van der Waals surface area (Å²) in [4.78, 5) is 1.80. The monoisotopic (exact) mass is 493 g/mol. The van der Waals surface area contributed by atoms with Crippen molar-refractivity contribution in [1.82, 2.24) is 4.90 Å². The van der Waals surface area contributed by atoms with Gasteiger partial charge in [0.15, 0.2) is 0 Å². The minimum Gasteiger partial charge on any atom is -0.508 e. The lowest BCUT2D eigenvalue weighted by atomic mass is 9.86. The molecule has 1 saturated heterocycles. The largest absolute Gasteiger partial charge is 0.508 e. The number of fused-ring (bicyclic) bond motifs is 1. The summed E-state index contributed by atoms with van der Waals surface area (Å²) in [6.45, 7) is 3.26. The van der Waals surface area contributed by atoms with E-state index in [9.17, 15) is 19.0 Å². The lowest BCUT2D eigenvalue weighted by Crippen LogP contribution is -2.42. The van der Waals surface area contributed by atoms with Crippen LogP contribution in [0.5, 0.6) is 23.0 Å². The van der Waals surface area contributed by atoms with E-state index in [1.165, 1.54) is 0 Å². The predicted molar refractivity (Wildman–Crippen MR) is 135 cm³/mol. The molecule has 36 heavy (non-hydrogen) atoms. The Bertz CT molecular complexity index is 1250. The molecule has 0 radical (unpaired) electrons. The maximum atomic E-state index is 13.6. The molecular weight excluding hydrogens is 464 g/mol. The molecule has 2 aliphatic rings. The van der Waals surface area contributed by atoms with Crippen molar-refractivity contribution in [1.29, 1.82) is 0 Å². The van der Waals surface area contributed by atoms with Crippen LogP contribution in [-0.2, 0) is 0 Å². The molecule has 3 aromatic carbocycles. The van der Waals surface area contributed by atoms with E-state index in [1.54, 1.807) is 53.4 Å². The fourth-order valence-electron chi connectivity index (χ4n) is 5.05. The summed E-state index contributed by atoms with van der Waals surface area (Å²) in [6, 6.07) is 18.3. The zero-order valence-electron chi connectivity index (χ0n) is 20.0. The average molecular weight is 494 g/mol. The summed E-state index contributed by atoms with van der Waals surface area (Å²) >= 11 is 0. The minimum atomic E-state index is -2.46. The van der Waals surface area contributed by atoms with Gasteiger partial charge in [0.2, 0.25) is 0 Å². The van der Waals surface area contributed by atoms with Gasteiger partial charge in [-0.1, -0.05) is 24.3 Å². The Kier molecular flexibility index (Phi) is 6.83. The molecule has 1 fully saturated rings. The van der Waals surface area contributed by atoms with Gasteiger partial charge in [-0.3, -0.25) is 4.90 Å². The van der Waals surface area contributed by atoms with Crippen LogP contribution >= 0.6 is 0 Å². The van der Waals surface area contributed by atoms with Gasteiger partial charge in [0.25, 0.3) is 6.43 Å². The zero-order valence-corrected chi connectivity index (χ0v) is 20.0. The summed E-state index contributed by atoms with van der Waals surface area (Å²) < 4.78 is 39.4. The highest BCUT2D eigenvalue weighted by Gasteiger charge is 2.31. The maximum Gasteiger partial charge on any atom is 0.257 e. The summed E-state index contributed by atoms with van der Waals surface area (Å²) in [6.07, 6.45) is -1.06. The first kappa shape index (κ1) is 24.1. The molecule has 0 saturated carbocycles. The van der Waals surface area contributed by atoms with Gasteiger partial charge in [0.05, 0.1) is 0 Å². The molecule has 1 unspecified atom stereocenters. The number of alkyl halides is 2. The molecule has 2 atom stereocenters. The Balaban J connectivity index is 1.42. The molecular formula is C29H29F2NO4. The van der Waals surface area contributed by atoms with Crippen LogP contribution in [-0.4, -0.2) is 47.3 Å². The van der Waals surface area contributed by atoms with Crippen molar-refractivity contribution in [3.8, 4) is 23.0 Å². The Morgan fingerprint density at radius 3 is 2.39 bits per heavy atom. The Morgan fingerprint density at radius 2 is 1.69 bits per heavy atom. The second-order valence-electron chi connectivity index (χ2n) is 9.29. The molecule has 0 aliphatic carbocycles. The van der Waals surface area contributed by atoms with Crippen molar-refractivity contribution in [2.24, 2.45) is 0 Å². The number of allylic oxidation sites excluding steroid dienone is 1. The molecule has 7 heteroatoms. The summed E-state index contributed by atoms with van der Waals surface area (Å²) in [7, 11) is 0. The third-order valence-electron chi connectivity index (χ3n) is 6.94. The standard InChI is InChI=1S/C29H29F2NO4/c1-18-24-16-22(34)9-12-26(24)36-28(27(18)20-5-4-6-21(33)15-20)19-7-10-23(11-8-19)35-17-25(29(30)31)32-13-2-3-14-32/h4-12,15-16,25,28-29,33-34H,2-3,13-14,17H2,1H3/t25-,28?/m1/s1. The third-order valence-corrected chi connectivity index (χ3v) is 6.94. The lowest BCUT2D eigenvalue weighted by molar-refractivity contribution is 0.0115. The topological polar surface area (TPSA) is 62.2 Å². The second-order valence-corrected chi connectivity index (χ2v) is 9.29. The first-order chi connectivity index (χ1) is 17.4. The average Bonchev–Trinajstić information content (AvgIpc) is 3.39. The van der Waals surface area contributed by atoms with Crippen LogP contribution in [0.2, 0.25) is 0 Å². The van der Waals surface area contributed by atoms with Gasteiger partial charge >= 0.3 is 0 Å². The number of phenols is 2. The highest BCUT2D eigenvalue weighted by molar-refractivity contribution is 5.95. The number of likely N-dealkylation sites (tertiary alicyclic amines) is 1. The molecule has 5 nitrogen and oxygen atoms in total. The van der Waals surface area contributed by atoms with E-state index in [1.807, 2.05) is 25.1 Å². The van der Waals surface area contributed by atoms with Crippen LogP contribution in [0.15, 0.2) is 66.7 Å². The number of halogens is 2. The highest BCUT2D eigenvalue weighted by Crippen LogP contribution is 2.47. The Hall–Kier alpha value is -3.58. The summed E-state index contributed by atoms with van der Waals surface area (Å²) in [5, 5.41) is 20.1. The minimum absolute atomic E-state index is 0.0681. The summed E-state index contributed by atoms with van der Waals surface area (Å²) in [5.74, 6) is 1.45. The van der Waals surface area contributed by atoms with Crippen LogP contribution in [0.3, 0.4) is 0 Å². The van der Waals surface area contributed by atoms with Gasteiger partial charge in [-0.2, -0.15) is 0 Å². The molecule has 5 rings (SSSR count). The van der Waals surface area contributed by atoms with Crippen LogP contribution in [0.4, 0.5) is 8.78 Å². The van der Waals surface area contributed by atoms with E-state index in [-0.39, 0.29) is 18.1 Å². The molecule has 0 aromatic heterocycles. The van der Waals surface area contributed by atoms with Crippen molar-refractivity contribution >= 4 is 11.1 Å². The molecule has 2 N–H and O–H groups in total. The van der Waals surface area contributed by atoms with Crippen molar-refractivity contribution in [2.75, 3.05) is 19.7 Å². The van der Waals surface area contributed by atoms with E-state index in [0.717, 1.165) is 40.7 Å². The lowest BCUT2D eigenvalue weighted by Gasteiger charge is -2.31. The first-order valence-corrected chi connectivity index (χ1v) is 12.2. The number of nitrogens with zero attached hydrogens (tertiary/aromatic N) is 1. The van der Waals surface area contributed by atoms with Crippen LogP contribution in [0, 0.1) is 0 Å². The van der Waals surface area contributed by atoms with Crippen LogP contribution in [0.1, 0.15) is 42.6 Å². The number of ether oxygens (including phenoxy) is 2. The van der Waals surface area contributed by atoms with E-state index < -0.39 is 18.6 Å². The molecule has 0 bridgehead atoms. The van der Waals surface area contributed by atoms with Crippen molar-refractivity contribution < 1.29 is 28.5 Å². The Morgan fingerprint density at radius 1 is 0.972 bits per heavy atom. The molecule has 2 aliphatic heterocycles. The fraction of sp³-hybridized carbons (Fsp3) is 0.310. The number of phenolic OH excluding ortho intramolecular Hbond substituents is 2. The second kappa shape index (κ2) is 10.2. The molecule has 0 amide bonds. The molecule has 2 heterocycles. The van der Waals surface area contributed by atoms with E-state index in [4.69, 9.17) is 9.47 Å². The van der Waals surface area contributed by atoms with E-state index in [0.29, 0.717) is 24.6 Å². The van der Waals surface area contributed by atoms with Crippen molar-refractivity contribution in [2.45, 2.75) is 38.3 Å². The van der Waals surface area contributed by atoms with Gasteiger partial charge in [0, 0.05) is 11.1 Å². The summed E-state index contributed by atoms with van der Waals surface area (Å²) in [5.41, 5.74) is 4.23. The molecule has 3 aromatic rings. The molecule has 188 valence electrons.